The van der Waals surface area contributed by atoms with Gasteiger partial charge in [0.05, 0.1) is 12.4 Å². The molecule has 1 amide bonds. The van der Waals surface area contributed by atoms with Gasteiger partial charge >= 0.3 is 0 Å². The molecule has 0 bridgehead atoms. The van der Waals surface area contributed by atoms with Crippen molar-refractivity contribution < 1.29 is 9.18 Å². The smallest absolute Gasteiger partial charge is 0.275 e. The van der Waals surface area contributed by atoms with Crippen LogP contribution in [0.25, 0.3) is 0 Å². The number of benzene rings is 2. The minimum Gasteiger partial charge on any atom is -0.365 e. The second-order valence-electron chi connectivity index (χ2n) is 6.00. The summed E-state index contributed by atoms with van der Waals surface area (Å²) < 4.78 is 13.6. The zero-order valence-corrected chi connectivity index (χ0v) is 14.6. The van der Waals surface area contributed by atoms with Crippen LogP contribution in [0.5, 0.6) is 0 Å². The van der Waals surface area contributed by atoms with E-state index in [0.717, 1.165) is 16.8 Å². The molecule has 2 aromatic carbocycles. The fourth-order valence-electron chi connectivity index (χ4n) is 2.42. The Morgan fingerprint density at radius 2 is 1.88 bits per heavy atom. The number of rotatable bonds is 5. The molecule has 3 rings (SSSR count). The summed E-state index contributed by atoms with van der Waals surface area (Å²) in [4.78, 5) is 20.6. The molecule has 5 nitrogen and oxygen atoms in total. The molecule has 0 saturated carbocycles. The van der Waals surface area contributed by atoms with Crippen LogP contribution >= 0.6 is 0 Å². The van der Waals surface area contributed by atoms with E-state index in [2.05, 4.69) is 20.6 Å². The number of aryl methyl sites for hydroxylation is 2. The third kappa shape index (κ3) is 4.22. The van der Waals surface area contributed by atoms with E-state index in [0.29, 0.717) is 11.4 Å². The molecular formula is C20H19FN4O. The number of carbonyl (C=O) groups excluding carboxylic acids is 1. The van der Waals surface area contributed by atoms with E-state index in [1.54, 1.807) is 18.2 Å². The third-order valence-electron chi connectivity index (χ3n) is 3.94. The molecule has 0 radical (unpaired) electrons. The first-order chi connectivity index (χ1) is 12.5. The average molecular weight is 350 g/mol. The Bertz CT molecular complexity index is 925. The van der Waals surface area contributed by atoms with E-state index >= 15 is 0 Å². The molecule has 6 heteroatoms. The summed E-state index contributed by atoms with van der Waals surface area (Å²) in [5.74, 6) is -0.138. The summed E-state index contributed by atoms with van der Waals surface area (Å²) >= 11 is 0. The van der Waals surface area contributed by atoms with Gasteiger partial charge in [0.1, 0.15) is 17.3 Å². The molecule has 26 heavy (non-hydrogen) atoms. The number of aromatic nitrogens is 2. The highest BCUT2D eigenvalue weighted by molar-refractivity contribution is 6.03. The Morgan fingerprint density at radius 1 is 1.08 bits per heavy atom. The van der Waals surface area contributed by atoms with Crippen LogP contribution in [0.2, 0.25) is 0 Å². The molecule has 1 heterocycles. The van der Waals surface area contributed by atoms with Crippen LogP contribution in [-0.2, 0) is 6.54 Å². The molecule has 0 fully saturated rings. The summed E-state index contributed by atoms with van der Waals surface area (Å²) in [6.07, 6.45) is 2.85. The van der Waals surface area contributed by atoms with E-state index in [1.165, 1.54) is 18.5 Å². The Kier molecular flexibility index (Phi) is 5.22. The number of halogens is 1. The molecule has 0 unspecified atom stereocenters. The summed E-state index contributed by atoms with van der Waals surface area (Å²) in [6.45, 7) is 4.18. The van der Waals surface area contributed by atoms with Gasteiger partial charge in [0.15, 0.2) is 0 Å². The van der Waals surface area contributed by atoms with Gasteiger partial charge in [0.25, 0.3) is 5.91 Å². The predicted octanol–water partition coefficient (Wildman–Crippen LogP) is 4.10. The number of nitrogens with one attached hydrogen (secondary N) is 2. The van der Waals surface area contributed by atoms with Gasteiger partial charge in [-0.25, -0.2) is 14.4 Å². The van der Waals surface area contributed by atoms with Crippen molar-refractivity contribution in [2.75, 3.05) is 10.6 Å². The second kappa shape index (κ2) is 7.74. The van der Waals surface area contributed by atoms with Crippen molar-refractivity contribution in [2.45, 2.75) is 20.4 Å². The standard InChI is InChI=1S/C20H19FN4O/c1-13-7-8-14(2)17(9-13)25-20(26)18-11-24-19(12-22-18)23-10-15-5-3-4-6-16(15)21/h3-9,11-12H,10H2,1-2H3,(H,23,24)(H,25,26). The monoisotopic (exact) mass is 350 g/mol. The van der Waals surface area contributed by atoms with Gasteiger partial charge in [0.2, 0.25) is 0 Å². The number of anilines is 2. The Labute approximate surface area is 151 Å². The quantitative estimate of drug-likeness (QED) is 0.727. The van der Waals surface area contributed by atoms with Gasteiger partial charge in [0, 0.05) is 17.8 Å². The van der Waals surface area contributed by atoms with Crippen LogP contribution in [0, 0.1) is 19.7 Å². The molecular weight excluding hydrogens is 331 g/mol. The second-order valence-corrected chi connectivity index (χ2v) is 6.00. The SMILES string of the molecule is Cc1ccc(C)c(NC(=O)c2cnc(NCc3ccccc3F)cn2)c1. The zero-order valence-electron chi connectivity index (χ0n) is 14.6. The maximum Gasteiger partial charge on any atom is 0.275 e. The number of nitrogens with zero attached hydrogens (tertiary/aromatic N) is 2. The lowest BCUT2D eigenvalue weighted by Crippen LogP contribution is -2.15. The van der Waals surface area contributed by atoms with Gasteiger partial charge in [-0.1, -0.05) is 30.3 Å². The predicted molar refractivity (Wildman–Crippen MR) is 99.6 cm³/mol. The van der Waals surface area contributed by atoms with Crippen LogP contribution in [0.3, 0.4) is 0 Å². The molecule has 3 aromatic rings. The molecule has 132 valence electrons. The largest absolute Gasteiger partial charge is 0.365 e. The molecule has 0 aliphatic heterocycles. The Hall–Kier alpha value is -3.28. The highest BCUT2D eigenvalue weighted by Crippen LogP contribution is 2.17. The van der Waals surface area contributed by atoms with E-state index in [9.17, 15) is 9.18 Å². The van der Waals surface area contributed by atoms with Crippen molar-refractivity contribution in [3.63, 3.8) is 0 Å². The van der Waals surface area contributed by atoms with E-state index < -0.39 is 0 Å². The molecule has 2 N–H and O–H groups in total. The van der Waals surface area contributed by atoms with Gasteiger partial charge in [-0.15, -0.1) is 0 Å². The fourth-order valence-corrected chi connectivity index (χ4v) is 2.42. The van der Waals surface area contributed by atoms with Crippen molar-refractivity contribution >= 4 is 17.4 Å². The lowest BCUT2D eigenvalue weighted by molar-refractivity contribution is 0.102. The van der Waals surface area contributed by atoms with Crippen molar-refractivity contribution in [1.82, 2.24) is 9.97 Å². The first kappa shape index (κ1) is 17.5. The number of amides is 1. The van der Waals surface area contributed by atoms with Crippen LogP contribution in [0.4, 0.5) is 15.9 Å². The zero-order chi connectivity index (χ0) is 18.5. The average Bonchev–Trinajstić information content (AvgIpc) is 2.64. The number of hydrogen-bond donors (Lipinski definition) is 2. The molecule has 0 aliphatic carbocycles. The van der Waals surface area contributed by atoms with Crippen LogP contribution in [0.15, 0.2) is 54.9 Å². The summed E-state index contributed by atoms with van der Waals surface area (Å²) in [5.41, 5.74) is 3.52. The lowest BCUT2D eigenvalue weighted by Gasteiger charge is -2.10. The van der Waals surface area contributed by atoms with Gasteiger partial charge < -0.3 is 10.6 Å². The van der Waals surface area contributed by atoms with Gasteiger partial charge in [-0.3, -0.25) is 4.79 Å². The topological polar surface area (TPSA) is 66.9 Å². The molecule has 0 aliphatic rings. The van der Waals surface area contributed by atoms with Gasteiger partial charge in [-0.05, 0) is 37.1 Å². The Morgan fingerprint density at radius 3 is 2.62 bits per heavy atom. The molecule has 0 spiro atoms. The minimum absolute atomic E-state index is 0.211. The highest BCUT2D eigenvalue weighted by atomic mass is 19.1. The van der Waals surface area contributed by atoms with Gasteiger partial charge in [-0.2, -0.15) is 0 Å². The number of carbonyl (C=O) groups is 1. The summed E-state index contributed by atoms with van der Waals surface area (Å²) in [7, 11) is 0. The van der Waals surface area contributed by atoms with Crippen LogP contribution < -0.4 is 10.6 Å². The first-order valence-corrected chi connectivity index (χ1v) is 8.21. The Balaban J connectivity index is 1.64. The van der Waals surface area contributed by atoms with Crippen molar-refractivity contribution in [2.24, 2.45) is 0 Å². The normalized spacial score (nSPS) is 10.4. The van der Waals surface area contributed by atoms with E-state index in [1.807, 2.05) is 32.0 Å². The van der Waals surface area contributed by atoms with E-state index in [-0.39, 0.29) is 24.0 Å². The molecule has 0 atom stereocenters. The van der Waals surface area contributed by atoms with Crippen molar-refractivity contribution in [3.05, 3.63) is 83.1 Å². The van der Waals surface area contributed by atoms with E-state index in [4.69, 9.17) is 0 Å². The van der Waals surface area contributed by atoms with Crippen molar-refractivity contribution in [1.29, 1.82) is 0 Å². The maximum atomic E-state index is 13.6. The molecule has 0 saturated heterocycles. The highest BCUT2D eigenvalue weighted by Gasteiger charge is 2.10. The fraction of sp³-hybridized carbons (Fsp3) is 0.150. The lowest BCUT2D eigenvalue weighted by atomic mass is 10.1. The van der Waals surface area contributed by atoms with Crippen molar-refractivity contribution in [3.8, 4) is 0 Å². The summed E-state index contributed by atoms with van der Waals surface area (Å²) in [6, 6.07) is 12.4. The number of hydrogen-bond acceptors (Lipinski definition) is 4. The third-order valence-corrected chi connectivity index (χ3v) is 3.94. The first-order valence-electron chi connectivity index (χ1n) is 8.21. The minimum atomic E-state index is -0.327. The van der Waals surface area contributed by atoms with Crippen LogP contribution in [-0.4, -0.2) is 15.9 Å². The summed E-state index contributed by atoms with van der Waals surface area (Å²) in [5, 5.41) is 5.83. The molecule has 1 aromatic heterocycles. The van der Waals surface area contributed by atoms with Crippen LogP contribution in [0.1, 0.15) is 27.2 Å². The maximum absolute atomic E-state index is 13.6.